The highest BCUT2D eigenvalue weighted by Crippen LogP contribution is 2.48. The Hall–Kier alpha value is -1.02. The van der Waals surface area contributed by atoms with Gasteiger partial charge in [0.25, 0.3) is 0 Å². The maximum atomic E-state index is 6.58. The fraction of sp³-hybridized carbons (Fsp3) is 0.684. The van der Waals surface area contributed by atoms with Crippen LogP contribution in [-0.4, -0.2) is 12.6 Å². The Morgan fingerprint density at radius 1 is 1.14 bits per heavy atom. The van der Waals surface area contributed by atoms with Crippen molar-refractivity contribution >= 4 is 0 Å². The van der Waals surface area contributed by atoms with E-state index in [-0.39, 0.29) is 5.60 Å². The van der Waals surface area contributed by atoms with Gasteiger partial charge in [0, 0.05) is 18.0 Å². The van der Waals surface area contributed by atoms with Crippen molar-refractivity contribution in [2.75, 3.05) is 7.05 Å². The number of fused-ring (bicyclic) bond motifs is 1. The van der Waals surface area contributed by atoms with E-state index >= 15 is 0 Å². The third kappa shape index (κ3) is 2.96. The third-order valence-corrected chi connectivity index (χ3v) is 5.54. The van der Waals surface area contributed by atoms with Crippen molar-refractivity contribution < 1.29 is 4.74 Å². The fourth-order valence-corrected chi connectivity index (χ4v) is 4.06. The van der Waals surface area contributed by atoms with Crippen LogP contribution in [0.15, 0.2) is 18.2 Å². The van der Waals surface area contributed by atoms with Gasteiger partial charge in [0.2, 0.25) is 0 Å². The van der Waals surface area contributed by atoms with E-state index in [0.717, 1.165) is 12.2 Å². The molecule has 1 aromatic rings. The summed E-state index contributed by atoms with van der Waals surface area (Å²) in [5.74, 6) is 1.10. The van der Waals surface area contributed by atoms with Gasteiger partial charge in [-0.1, -0.05) is 31.5 Å². The van der Waals surface area contributed by atoms with Gasteiger partial charge in [-0.25, -0.2) is 0 Å². The highest BCUT2D eigenvalue weighted by atomic mass is 16.5. The van der Waals surface area contributed by atoms with Crippen LogP contribution in [0.5, 0.6) is 5.75 Å². The molecule has 2 unspecified atom stereocenters. The van der Waals surface area contributed by atoms with E-state index in [1.807, 2.05) is 0 Å². The van der Waals surface area contributed by atoms with E-state index in [4.69, 9.17) is 4.74 Å². The molecule has 0 radical (unpaired) electrons. The minimum absolute atomic E-state index is 0.0453. The molecule has 0 aromatic heterocycles. The maximum Gasteiger partial charge on any atom is 0.124 e. The van der Waals surface area contributed by atoms with Crippen LogP contribution in [-0.2, 0) is 0 Å². The van der Waals surface area contributed by atoms with Crippen molar-refractivity contribution in [1.29, 1.82) is 0 Å². The molecule has 2 aliphatic rings. The SMILES string of the molecule is CNC1CC2(CCCC(C)(C)CC2)Oc2ccc(C)cc21. The van der Waals surface area contributed by atoms with E-state index < -0.39 is 0 Å². The summed E-state index contributed by atoms with van der Waals surface area (Å²) >= 11 is 0. The van der Waals surface area contributed by atoms with Crippen molar-refractivity contribution in [2.45, 2.75) is 70.9 Å². The molecule has 2 atom stereocenters. The Bertz CT molecular complexity index is 522. The summed E-state index contributed by atoms with van der Waals surface area (Å²) in [7, 11) is 2.08. The highest BCUT2D eigenvalue weighted by molar-refractivity contribution is 5.41. The first-order chi connectivity index (χ1) is 9.93. The van der Waals surface area contributed by atoms with Gasteiger partial charge < -0.3 is 10.1 Å². The lowest BCUT2D eigenvalue weighted by Crippen LogP contribution is -2.43. The van der Waals surface area contributed by atoms with E-state index in [2.05, 4.69) is 51.3 Å². The molecule has 0 bridgehead atoms. The van der Waals surface area contributed by atoms with Crippen LogP contribution < -0.4 is 10.1 Å². The predicted molar refractivity (Wildman–Crippen MR) is 87.8 cm³/mol. The first-order valence-electron chi connectivity index (χ1n) is 8.40. The quantitative estimate of drug-likeness (QED) is 0.803. The van der Waals surface area contributed by atoms with Gasteiger partial charge in [-0.3, -0.25) is 0 Å². The Balaban J connectivity index is 1.91. The van der Waals surface area contributed by atoms with E-state index in [1.54, 1.807) is 0 Å². The molecule has 1 aliphatic carbocycles. The molecule has 2 nitrogen and oxygen atoms in total. The Labute approximate surface area is 129 Å². The van der Waals surface area contributed by atoms with Crippen LogP contribution in [0.4, 0.5) is 0 Å². The minimum atomic E-state index is 0.0453. The second-order valence-corrected chi connectivity index (χ2v) is 7.89. The smallest absolute Gasteiger partial charge is 0.124 e. The van der Waals surface area contributed by atoms with Gasteiger partial charge in [0.15, 0.2) is 0 Å². The number of hydrogen-bond donors (Lipinski definition) is 1. The van der Waals surface area contributed by atoms with Crippen LogP contribution in [0.1, 0.15) is 69.5 Å². The highest BCUT2D eigenvalue weighted by Gasteiger charge is 2.42. The van der Waals surface area contributed by atoms with Crippen LogP contribution in [0, 0.1) is 12.3 Å². The molecule has 0 saturated heterocycles. The van der Waals surface area contributed by atoms with Crippen molar-refractivity contribution in [3.8, 4) is 5.75 Å². The van der Waals surface area contributed by atoms with E-state index in [9.17, 15) is 0 Å². The summed E-state index contributed by atoms with van der Waals surface area (Å²) < 4.78 is 6.58. The molecule has 1 spiro atoms. The van der Waals surface area contributed by atoms with Crippen LogP contribution >= 0.6 is 0 Å². The van der Waals surface area contributed by atoms with Gasteiger partial charge in [-0.05, 0) is 57.6 Å². The number of nitrogens with one attached hydrogen (secondary N) is 1. The summed E-state index contributed by atoms with van der Waals surface area (Å²) in [4.78, 5) is 0. The van der Waals surface area contributed by atoms with E-state index in [1.165, 1.54) is 43.2 Å². The molecule has 1 aromatic carbocycles. The molecular formula is C19H29NO. The Kier molecular flexibility index (Phi) is 3.77. The lowest BCUT2D eigenvalue weighted by molar-refractivity contribution is 0.0148. The summed E-state index contributed by atoms with van der Waals surface area (Å²) in [6.45, 7) is 6.97. The molecule has 1 fully saturated rings. The van der Waals surface area contributed by atoms with Gasteiger partial charge >= 0.3 is 0 Å². The van der Waals surface area contributed by atoms with Gasteiger partial charge in [-0.2, -0.15) is 0 Å². The zero-order valence-electron chi connectivity index (χ0n) is 14.0. The van der Waals surface area contributed by atoms with Gasteiger partial charge in [0.05, 0.1) is 0 Å². The topological polar surface area (TPSA) is 21.3 Å². The van der Waals surface area contributed by atoms with Crippen molar-refractivity contribution in [3.63, 3.8) is 0 Å². The average Bonchev–Trinajstić information content (AvgIpc) is 2.58. The molecular weight excluding hydrogens is 258 g/mol. The molecule has 1 heterocycles. The molecule has 3 rings (SSSR count). The molecule has 1 saturated carbocycles. The van der Waals surface area contributed by atoms with Crippen molar-refractivity contribution in [2.24, 2.45) is 5.41 Å². The summed E-state index contributed by atoms with van der Waals surface area (Å²) in [6, 6.07) is 7.05. The summed E-state index contributed by atoms with van der Waals surface area (Å²) in [5, 5.41) is 3.52. The Morgan fingerprint density at radius 3 is 2.71 bits per heavy atom. The molecule has 1 N–H and O–H groups in total. The fourth-order valence-electron chi connectivity index (χ4n) is 4.06. The monoisotopic (exact) mass is 287 g/mol. The minimum Gasteiger partial charge on any atom is -0.487 e. The Morgan fingerprint density at radius 2 is 1.95 bits per heavy atom. The second-order valence-electron chi connectivity index (χ2n) is 7.89. The van der Waals surface area contributed by atoms with Crippen LogP contribution in [0.25, 0.3) is 0 Å². The van der Waals surface area contributed by atoms with Crippen LogP contribution in [0.3, 0.4) is 0 Å². The third-order valence-electron chi connectivity index (χ3n) is 5.54. The lowest BCUT2D eigenvalue weighted by Gasteiger charge is -2.42. The molecule has 2 heteroatoms. The van der Waals surface area contributed by atoms with Crippen molar-refractivity contribution in [3.05, 3.63) is 29.3 Å². The number of aryl methyl sites for hydroxylation is 1. The summed E-state index contributed by atoms with van der Waals surface area (Å²) in [6.07, 6.45) is 7.36. The van der Waals surface area contributed by atoms with E-state index in [0.29, 0.717) is 11.5 Å². The second kappa shape index (κ2) is 5.31. The summed E-state index contributed by atoms with van der Waals surface area (Å²) in [5.41, 5.74) is 3.17. The molecule has 1 aliphatic heterocycles. The number of benzene rings is 1. The number of hydrogen-bond acceptors (Lipinski definition) is 2. The first kappa shape index (κ1) is 14.9. The largest absolute Gasteiger partial charge is 0.487 e. The zero-order valence-corrected chi connectivity index (χ0v) is 14.0. The normalized spacial score (nSPS) is 31.3. The standard InChI is InChI=1S/C19H29NO/c1-14-6-7-17-15(12-14)16(20-4)13-19(21-17)9-5-8-18(2,3)10-11-19/h6-7,12,16,20H,5,8-11,13H2,1-4H3. The number of rotatable bonds is 1. The predicted octanol–water partition coefficient (Wildman–Crippen LogP) is 4.77. The van der Waals surface area contributed by atoms with Gasteiger partial charge in [-0.15, -0.1) is 0 Å². The first-order valence-corrected chi connectivity index (χ1v) is 8.40. The lowest BCUT2D eigenvalue weighted by atomic mass is 9.80. The molecule has 0 amide bonds. The molecule has 116 valence electrons. The number of ether oxygens (including phenoxy) is 1. The zero-order chi connectivity index (χ0) is 15.1. The van der Waals surface area contributed by atoms with Crippen LogP contribution in [0.2, 0.25) is 0 Å². The average molecular weight is 287 g/mol. The molecule has 21 heavy (non-hydrogen) atoms. The maximum absolute atomic E-state index is 6.58. The van der Waals surface area contributed by atoms with Gasteiger partial charge in [0.1, 0.15) is 11.4 Å². The van der Waals surface area contributed by atoms with Crippen molar-refractivity contribution in [1.82, 2.24) is 5.32 Å².